The summed E-state index contributed by atoms with van der Waals surface area (Å²) in [5, 5.41) is 8.99. The number of hydrogen-bond donors (Lipinski definition) is 1. The zero-order valence-electron chi connectivity index (χ0n) is 8.56. The van der Waals surface area contributed by atoms with Gasteiger partial charge in [0.1, 0.15) is 5.54 Å². The van der Waals surface area contributed by atoms with Gasteiger partial charge < -0.3 is 10.0 Å². The fraction of sp³-hybridized carbons (Fsp3) is 0.778. The van der Waals surface area contributed by atoms with Crippen LogP contribution in [0.3, 0.4) is 0 Å². The molecular weight excluding hydrogens is 184 g/mol. The van der Waals surface area contributed by atoms with Gasteiger partial charge in [0.25, 0.3) is 0 Å². The van der Waals surface area contributed by atoms with E-state index in [1.54, 1.807) is 18.7 Å². The Kier molecular flexibility index (Phi) is 3.10. The average molecular weight is 200 g/mol. The van der Waals surface area contributed by atoms with Crippen molar-refractivity contribution in [1.29, 1.82) is 0 Å². The number of carboxylic acids is 1. The Balaban J connectivity index is 2.57. The molecule has 14 heavy (non-hydrogen) atoms. The largest absolute Gasteiger partial charge is 0.480 e. The Morgan fingerprint density at radius 1 is 1.29 bits per heavy atom. The summed E-state index contributed by atoms with van der Waals surface area (Å²) in [6.07, 6.45) is 0.811. The van der Waals surface area contributed by atoms with Crippen molar-refractivity contribution in [3.63, 3.8) is 0 Å². The predicted octanol–water partition coefficient (Wildman–Crippen LogP) is -0.376. The van der Waals surface area contributed by atoms with Gasteiger partial charge >= 0.3 is 5.97 Å². The van der Waals surface area contributed by atoms with E-state index < -0.39 is 11.5 Å². The molecule has 1 N–H and O–H groups in total. The minimum Gasteiger partial charge on any atom is -0.480 e. The number of rotatable bonds is 3. The van der Waals surface area contributed by atoms with Crippen LogP contribution in [0.1, 0.15) is 13.8 Å². The molecule has 0 aliphatic carbocycles. The van der Waals surface area contributed by atoms with Crippen molar-refractivity contribution in [2.75, 3.05) is 26.2 Å². The quantitative estimate of drug-likeness (QED) is 0.631. The lowest BCUT2D eigenvalue weighted by molar-refractivity contribution is -0.150. The third kappa shape index (κ3) is 2.04. The first-order valence-corrected chi connectivity index (χ1v) is 4.66. The molecule has 0 bridgehead atoms. The molecule has 1 fully saturated rings. The van der Waals surface area contributed by atoms with Gasteiger partial charge in [-0.1, -0.05) is 0 Å². The maximum Gasteiger partial charge on any atom is 0.323 e. The van der Waals surface area contributed by atoms with Crippen LogP contribution in [0.25, 0.3) is 0 Å². The summed E-state index contributed by atoms with van der Waals surface area (Å²) in [6, 6.07) is 0. The van der Waals surface area contributed by atoms with Gasteiger partial charge in [0.15, 0.2) is 0 Å². The van der Waals surface area contributed by atoms with Crippen molar-refractivity contribution >= 4 is 12.4 Å². The minimum absolute atomic E-state index is 0.611. The Labute approximate surface area is 83.3 Å². The fourth-order valence-corrected chi connectivity index (χ4v) is 1.52. The summed E-state index contributed by atoms with van der Waals surface area (Å²) in [6.45, 7) is 5.84. The molecule has 0 atom stereocenters. The second-order valence-corrected chi connectivity index (χ2v) is 3.99. The van der Waals surface area contributed by atoms with Crippen molar-refractivity contribution in [2.24, 2.45) is 0 Å². The summed E-state index contributed by atoms with van der Waals surface area (Å²) >= 11 is 0. The smallest absolute Gasteiger partial charge is 0.323 e. The third-order valence-corrected chi connectivity index (χ3v) is 2.78. The molecule has 1 aliphatic heterocycles. The number of carbonyl (C=O) groups excluding carboxylic acids is 1. The van der Waals surface area contributed by atoms with Crippen molar-refractivity contribution in [1.82, 2.24) is 9.80 Å². The van der Waals surface area contributed by atoms with Crippen LogP contribution in [-0.2, 0) is 9.59 Å². The number of aliphatic carboxylic acids is 1. The van der Waals surface area contributed by atoms with Crippen molar-refractivity contribution in [2.45, 2.75) is 19.4 Å². The van der Waals surface area contributed by atoms with Crippen LogP contribution >= 0.6 is 0 Å². The van der Waals surface area contributed by atoms with Gasteiger partial charge in [-0.15, -0.1) is 0 Å². The van der Waals surface area contributed by atoms with Crippen LogP contribution in [0.2, 0.25) is 0 Å². The maximum absolute atomic E-state index is 10.9. The standard InChI is InChI=1S/C9H16N2O3/c1-9(2,8(13)14)11-5-3-10(7-12)4-6-11/h7H,3-6H2,1-2H3,(H,13,14). The van der Waals surface area contributed by atoms with Gasteiger partial charge in [-0.25, -0.2) is 0 Å². The van der Waals surface area contributed by atoms with E-state index in [-0.39, 0.29) is 0 Å². The first-order valence-electron chi connectivity index (χ1n) is 4.66. The summed E-state index contributed by atoms with van der Waals surface area (Å²) < 4.78 is 0. The summed E-state index contributed by atoms with van der Waals surface area (Å²) in [5.74, 6) is -0.822. The predicted molar refractivity (Wildman–Crippen MR) is 50.9 cm³/mol. The van der Waals surface area contributed by atoms with E-state index in [4.69, 9.17) is 5.11 Å². The normalized spacial score (nSPS) is 19.4. The Hall–Kier alpha value is -1.10. The summed E-state index contributed by atoms with van der Waals surface area (Å²) in [7, 11) is 0. The lowest BCUT2D eigenvalue weighted by atomic mass is 10.0. The molecule has 1 amide bonds. The lowest BCUT2D eigenvalue weighted by Crippen LogP contribution is -2.57. The van der Waals surface area contributed by atoms with E-state index in [9.17, 15) is 9.59 Å². The molecule has 0 aromatic heterocycles. The van der Waals surface area contributed by atoms with Crippen LogP contribution in [0.15, 0.2) is 0 Å². The van der Waals surface area contributed by atoms with Gasteiger partial charge in [-0.2, -0.15) is 0 Å². The van der Waals surface area contributed by atoms with E-state index in [1.807, 2.05) is 4.90 Å². The highest BCUT2D eigenvalue weighted by atomic mass is 16.4. The molecule has 0 radical (unpaired) electrons. The van der Waals surface area contributed by atoms with Crippen molar-refractivity contribution in [3.8, 4) is 0 Å². The van der Waals surface area contributed by atoms with Gasteiger partial charge in [-0.3, -0.25) is 14.5 Å². The van der Waals surface area contributed by atoms with Crippen LogP contribution in [0, 0.1) is 0 Å². The number of hydrogen-bond acceptors (Lipinski definition) is 3. The van der Waals surface area contributed by atoms with Gasteiger partial charge in [0, 0.05) is 26.2 Å². The molecule has 5 heteroatoms. The summed E-state index contributed by atoms with van der Waals surface area (Å²) in [5.41, 5.74) is -0.838. The van der Waals surface area contributed by atoms with E-state index in [0.717, 1.165) is 6.41 Å². The molecule has 0 aromatic carbocycles. The number of nitrogens with zero attached hydrogens (tertiary/aromatic N) is 2. The molecule has 1 rings (SSSR count). The third-order valence-electron chi connectivity index (χ3n) is 2.78. The van der Waals surface area contributed by atoms with E-state index in [1.165, 1.54) is 0 Å². The topological polar surface area (TPSA) is 60.9 Å². The number of piperazine rings is 1. The van der Waals surface area contributed by atoms with E-state index in [2.05, 4.69) is 0 Å². The molecule has 5 nitrogen and oxygen atoms in total. The number of carboxylic acid groups (broad SMARTS) is 1. The second kappa shape index (κ2) is 3.96. The first-order chi connectivity index (χ1) is 6.48. The Morgan fingerprint density at radius 3 is 2.14 bits per heavy atom. The number of carbonyl (C=O) groups is 2. The van der Waals surface area contributed by atoms with Gasteiger partial charge in [0.05, 0.1) is 0 Å². The highest BCUT2D eigenvalue weighted by molar-refractivity contribution is 5.77. The van der Waals surface area contributed by atoms with Gasteiger partial charge in [0.2, 0.25) is 6.41 Å². The van der Waals surface area contributed by atoms with E-state index in [0.29, 0.717) is 26.2 Å². The maximum atomic E-state index is 10.9. The Morgan fingerprint density at radius 2 is 1.79 bits per heavy atom. The van der Waals surface area contributed by atoms with Crippen molar-refractivity contribution < 1.29 is 14.7 Å². The van der Waals surface area contributed by atoms with Crippen LogP contribution in [-0.4, -0.2) is 59.0 Å². The zero-order chi connectivity index (χ0) is 10.8. The van der Waals surface area contributed by atoms with Crippen LogP contribution < -0.4 is 0 Å². The highest BCUT2D eigenvalue weighted by Gasteiger charge is 2.35. The molecule has 0 aromatic rings. The minimum atomic E-state index is -0.838. The molecule has 1 aliphatic rings. The van der Waals surface area contributed by atoms with Crippen LogP contribution in [0.5, 0.6) is 0 Å². The molecular formula is C9H16N2O3. The molecule has 1 heterocycles. The molecule has 80 valence electrons. The molecule has 1 saturated heterocycles. The SMILES string of the molecule is CC(C)(C(=O)O)N1CCN(C=O)CC1. The highest BCUT2D eigenvalue weighted by Crippen LogP contribution is 2.16. The zero-order valence-corrected chi connectivity index (χ0v) is 8.56. The molecule has 0 spiro atoms. The summed E-state index contributed by atoms with van der Waals surface area (Å²) in [4.78, 5) is 24.9. The van der Waals surface area contributed by atoms with Gasteiger partial charge in [-0.05, 0) is 13.8 Å². The van der Waals surface area contributed by atoms with Crippen molar-refractivity contribution in [3.05, 3.63) is 0 Å². The van der Waals surface area contributed by atoms with E-state index >= 15 is 0 Å². The second-order valence-electron chi connectivity index (χ2n) is 3.99. The fourth-order valence-electron chi connectivity index (χ4n) is 1.52. The monoisotopic (exact) mass is 200 g/mol. The average Bonchev–Trinajstić information content (AvgIpc) is 2.17. The molecule has 0 saturated carbocycles. The number of amides is 1. The van der Waals surface area contributed by atoms with Crippen LogP contribution in [0.4, 0.5) is 0 Å². The lowest BCUT2D eigenvalue weighted by Gasteiger charge is -2.40. The first kappa shape index (κ1) is 11.0. The Bertz CT molecular complexity index is 232. The molecule has 0 unspecified atom stereocenters.